The van der Waals surface area contributed by atoms with Crippen molar-refractivity contribution in [2.75, 3.05) is 18.0 Å². The molecule has 3 N–H and O–H groups in total. The summed E-state index contributed by atoms with van der Waals surface area (Å²) in [5.41, 5.74) is 7.73. The Bertz CT molecular complexity index is 505. The van der Waals surface area contributed by atoms with Gasteiger partial charge in [-0.15, -0.1) is 0 Å². The molecule has 0 aromatic carbocycles. The maximum Gasteiger partial charge on any atom is 0.225 e. The van der Waals surface area contributed by atoms with Gasteiger partial charge in [0.25, 0.3) is 0 Å². The predicted octanol–water partition coefficient (Wildman–Crippen LogP) is 1.79. The molecule has 0 radical (unpaired) electrons. The molecule has 2 aromatic heterocycles. The third-order valence-corrected chi connectivity index (χ3v) is 3.68. The Hall–Kier alpha value is -1.88. The van der Waals surface area contributed by atoms with Crippen molar-refractivity contribution < 1.29 is 0 Å². The van der Waals surface area contributed by atoms with Crippen molar-refractivity contribution in [1.82, 2.24) is 15.0 Å². The van der Waals surface area contributed by atoms with Crippen LogP contribution in [0.4, 0.5) is 5.95 Å². The minimum atomic E-state index is 0.501. The topological polar surface area (TPSA) is 70.8 Å². The molecule has 5 heteroatoms. The second-order valence-corrected chi connectivity index (χ2v) is 4.92. The molecule has 100 valence electrons. The van der Waals surface area contributed by atoms with Gasteiger partial charge in [-0.1, -0.05) is 0 Å². The van der Waals surface area contributed by atoms with Crippen molar-refractivity contribution in [3.05, 3.63) is 30.7 Å². The lowest BCUT2D eigenvalue weighted by atomic mass is 10.1. The number of hydrogen-bond donors (Lipinski definition) is 2. The molecule has 3 heterocycles. The molecule has 0 saturated carbocycles. The van der Waals surface area contributed by atoms with Crippen molar-refractivity contribution in [3.8, 4) is 11.3 Å². The lowest BCUT2D eigenvalue weighted by molar-refractivity contribution is 0.609. The zero-order chi connectivity index (χ0) is 13.1. The van der Waals surface area contributed by atoms with Crippen LogP contribution in [0.3, 0.4) is 0 Å². The number of nitrogens with one attached hydrogen (secondary N) is 1. The third-order valence-electron chi connectivity index (χ3n) is 3.68. The minimum absolute atomic E-state index is 0.501. The molecule has 1 aliphatic heterocycles. The zero-order valence-electron chi connectivity index (χ0n) is 10.9. The highest BCUT2D eigenvalue weighted by molar-refractivity contribution is 5.57. The number of aromatic amines is 1. The quantitative estimate of drug-likeness (QED) is 0.876. The Morgan fingerprint density at radius 2 is 2.21 bits per heavy atom. The molecular formula is C14H19N5. The van der Waals surface area contributed by atoms with Gasteiger partial charge in [0.05, 0.1) is 0 Å². The maximum atomic E-state index is 5.67. The second kappa shape index (κ2) is 5.40. The third kappa shape index (κ3) is 2.46. The Labute approximate surface area is 112 Å². The normalized spacial score (nSPS) is 19.0. The van der Waals surface area contributed by atoms with E-state index in [9.17, 15) is 0 Å². The molecule has 1 atom stereocenters. The predicted molar refractivity (Wildman–Crippen MR) is 75.9 cm³/mol. The van der Waals surface area contributed by atoms with Crippen LogP contribution in [-0.4, -0.2) is 34.1 Å². The highest BCUT2D eigenvalue weighted by Crippen LogP contribution is 2.25. The molecule has 2 aromatic rings. The van der Waals surface area contributed by atoms with Crippen molar-refractivity contribution in [2.45, 2.75) is 25.3 Å². The van der Waals surface area contributed by atoms with Gasteiger partial charge < -0.3 is 15.6 Å². The van der Waals surface area contributed by atoms with Crippen LogP contribution in [0.25, 0.3) is 11.3 Å². The van der Waals surface area contributed by atoms with Crippen LogP contribution in [0.2, 0.25) is 0 Å². The van der Waals surface area contributed by atoms with Gasteiger partial charge >= 0.3 is 0 Å². The maximum absolute atomic E-state index is 5.67. The average Bonchev–Trinajstić information content (AvgIpc) is 3.10. The van der Waals surface area contributed by atoms with Crippen LogP contribution in [-0.2, 0) is 0 Å². The number of anilines is 1. The lowest BCUT2D eigenvalue weighted by Gasteiger charge is -2.24. The van der Waals surface area contributed by atoms with E-state index in [0.29, 0.717) is 6.04 Å². The first-order valence-electron chi connectivity index (χ1n) is 6.81. The Balaban J connectivity index is 1.79. The SMILES string of the molecule is NCCC1CCCN1c1ncc(-c2ccc[nH]2)cn1. The van der Waals surface area contributed by atoms with Crippen LogP contribution in [0, 0.1) is 0 Å². The summed E-state index contributed by atoms with van der Waals surface area (Å²) in [7, 11) is 0. The molecule has 19 heavy (non-hydrogen) atoms. The van der Waals surface area contributed by atoms with Crippen LogP contribution in [0.1, 0.15) is 19.3 Å². The summed E-state index contributed by atoms with van der Waals surface area (Å²) < 4.78 is 0. The largest absolute Gasteiger partial charge is 0.361 e. The van der Waals surface area contributed by atoms with Gasteiger partial charge in [-0.3, -0.25) is 0 Å². The molecule has 0 bridgehead atoms. The van der Waals surface area contributed by atoms with Gasteiger partial charge in [0, 0.05) is 42.4 Å². The van der Waals surface area contributed by atoms with Gasteiger partial charge in [0.15, 0.2) is 0 Å². The molecule has 5 nitrogen and oxygen atoms in total. The van der Waals surface area contributed by atoms with E-state index >= 15 is 0 Å². The molecule has 1 aliphatic rings. The number of nitrogens with two attached hydrogens (primary N) is 1. The van der Waals surface area contributed by atoms with Crippen molar-refractivity contribution in [2.24, 2.45) is 5.73 Å². The highest BCUT2D eigenvalue weighted by atomic mass is 15.3. The average molecular weight is 257 g/mol. The summed E-state index contributed by atoms with van der Waals surface area (Å²) in [6.45, 7) is 1.76. The molecule has 0 aliphatic carbocycles. The Kier molecular flexibility index (Phi) is 3.46. The number of H-pyrrole nitrogens is 1. The van der Waals surface area contributed by atoms with Gasteiger partial charge in [-0.2, -0.15) is 0 Å². The van der Waals surface area contributed by atoms with E-state index < -0.39 is 0 Å². The van der Waals surface area contributed by atoms with Crippen LogP contribution < -0.4 is 10.6 Å². The fraction of sp³-hybridized carbons (Fsp3) is 0.429. The lowest BCUT2D eigenvalue weighted by Crippen LogP contribution is -2.32. The molecule has 1 unspecified atom stereocenters. The molecule has 1 saturated heterocycles. The van der Waals surface area contributed by atoms with E-state index in [4.69, 9.17) is 5.73 Å². The Morgan fingerprint density at radius 1 is 1.37 bits per heavy atom. The summed E-state index contributed by atoms with van der Waals surface area (Å²) in [5, 5.41) is 0. The second-order valence-electron chi connectivity index (χ2n) is 4.92. The molecule has 0 spiro atoms. The van der Waals surface area contributed by atoms with Crippen molar-refractivity contribution in [1.29, 1.82) is 0 Å². The summed E-state index contributed by atoms with van der Waals surface area (Å²) in [6.07, 6.45) is 9.08. The van der Waals surface area contributed by atoms with Crippen molar-refractivity contribution >= 4 is 5.95 Å². The minimum Gasteiger partial charge on any atom is -0.361 e. The first-order chi connectivity index (χ1) is 9.38. The smallest absolute Gasteiger partial charge is 0.225 e. The monoisotopic (exact) mass is 257 g/mol. The van der Waals surface area contributed by atoms with Crippen LogP contribution in [0.15, 0.2) is 30.7 Å². The highest BCUT2D eigenvalue weighted by Gasteiger charge is 2.25. The van der Waals surface area contributed by atoms with Crippen LogP contribution in [0.5, 0.6) is 0 Å². The first-order valence-corrected chi connectivity index (χ1v) is 6.81. The number of rotatable bonds is 4. The molecule has 1 fully saturated rings. The van der Waals surface area contributed by atoms with Gasteiger partial charge in [0.2, 0.25) is 5.95 Å². The summed E-state index contributed by atoms with van der Waals surface area (Å²) >= 11 is 0. The molecule has 0 amide bonds. The van der Waals surface area contributed by atoms with Gasteiger partial charge in [-0.05, 0) is 37.9 Å². The van der Waals surface area contributed by atoms with Crippen LogP contribution >= 0.6 is 0 Å². The van der Waals surface area contributed by atoms with Gasteiger partial charge in [0.1, 0.15) is 0 Å². The summed E-state index contributed by atoms with van der Waals surface area (Å²) in [5.74, 6) is 0.825. The zero-order valence-corrected chi connectivity index (χ0v) is 10.9. The van der Waals surface area contributed by atoms with Gasteiger partial charge in [-0.25, -0.2) is 9.97 Å². The number of nitrogens with zero attached hydrogens (tertiary/aromatic N) is 3. The van der Waals surface area contributed by atoms with Crippen molar-refractivity contribution in [3.63, 3.8) is 0 Å². The standard InChI is InChI=1S/C14H19N5/c15-6-5-12-3-2-8-19(12)14-17-9-11(10-18-14)13-4-1-7-16-13/h1,4,7,9-10,12,16H,2-3,5-6,8,15H2. The Morgan fingerprint density at radius 3 is 2.89 bits per heavy atom. The molecular weight excluding hydrogens is 238 g/mol. The van der Waals surface area contributed by atoms with E-state index in [1.54, 1.807) is 0 Å². The summed E-state index contributed by atoms with van der Waals surface area (Å²) in [6, 6.07) is 4.49. The fourth-order valence-electron chi connectivity index (χ4n) is 2.71. The van der Waals surface area contributed by atoms with E-state index in [-0.39, 0.29) is 0 Å². The number of aromatic nitrogens is 3. The first kappa shape index (κ1) is 12.2. The van der Waals surface area contributed by atoms with E-state index in [0.717, 1.165) is 36.7 Å². The fourth-order valence-corrected chi connectivity index (χ4v) is 2.71. The van der Waals surface area contributed by atoms with E-state index in [1.165, 1.54) is 12.8 Å². The van der Waals surface area contributed by atoms with E-state index in [2.05, 4.69) is 19.9 Å². The van der Waals surface area contributed by atoms with E-state index in [1.807, 2.05) is 30.7 Å². The molecule has 3 rings (SSSR count). The summed E-state index contributed by atoms with van der Waals surface area (Å²) in [4.78, 5) is 14.5. The number of hydrogen-bond acceptors (Lipinski definition) is 4.